The van der Waals surface area contributed by atoms with Gasteiger partial charge in [0.1, 0.15) is 17.6 Å². The summed E-state index contributed by atoms with van der Waals surface area (Å²) in [6, 6.07) is 20.5. The number of anilines is 2. The quantitative estimate of drug-likeness (QED) is 0.470. The number of allylic oxidation sites excluding steroid dienone is 1. The summed E-state index contributed by atoms with van der Waals surface area (Å²) < 4.78 is 5.97. The maximum atomic E-state index is 13.6. The van der Waals surface area contributed by atoms with Gasteiger partial charge in [-0.05, 0) is 60.1 Å². The number of furan rings is 1. The first-order valence-electron chi connectivity index (χ1n) is 11.4. The molecule has 2 N–H and O–H groups in total. The van der Waals surface area contributed by atoms with Crippen LogP contribution in [-0.4, -0.2) is 5.78 Å². The topological polar surface area (TPSA) is 54.3 Å². The van der Waals surface area contributed by atoms with Gasteiger partial charge in [-0.25, -0.2) is 0 Å². The van der Waals surface area contributed by atoms with Gasteiger partial charge in [0, 0.05) is 17.7 Å². The fraction of sp³-hybridized carbons (Fsp3) is 0.321. The van der Waals surface area contributed by atoms with E-state index < -0.39 is 0 Å². The number of hydrogen-bond acceptors (Lipinski definition) is 4. The Morgan fingerprint density at radius 2 is 1.62 bits per heavy atom. The molecule has 0 spiro atoms. The van der Waals surface area contributed by atoms with Gasteiger partial charge in [0.15, 0.2) is 5.78 Å². The van der Waals surface area contributed by atoms with Crippen molar-refractivity contribution in [2.45, 2.75) is 57.9 Å². The minimum atomic E-state index is -0.299. The van der Waals surface area contributed by atoms with Crippen LogP contribution in [0.4, 0.5) is 11.4 Å². The highest BCUT2D eigenvalue weighted by Crippen LogP contribution is 2.44. The number of carbonyl (C=O) groups is 1. The molecule has 3 aromatic rings. The van der Waals surface area contributed by atoms with E-state index in [1.54, 1.807) is 0 Å². The van der Waals surface area contributed by atoms with E-state index in [2.05, 4.69) is 61.7 Å². The van der Waals surface area contributed by atoms with Gasteiger partial charge in [-0.1, -0.05) is 57.2 Å². The normalized spacial score (nSPS) is 20.7. The Kier molecular flexibility index (Phi) is 4.96. The van der Waals surface area contributed by atoms with E-state index >= 15 is 0 Å². The van der Waals surface area contributed by atoms with Gasteiger partial charge >= 0.3 is 0 Å². The smallest absolute Gasteiger partial charge is 0.163 e. The molecule has 2 atom stereocenters. The molecule has 1 aromatic heterocycles. The molecule has 0 amide bonds. The van der Waals surface area contributed by atoms with Gasteiger partial charge in [0.25, 0.3) is 0 Å². The summed E-state index contributed by atoms with van der Waals surface area (Å²) in [6.07, 6.45) is 1.30. The molecule has 2 unspecified atom stereocenters. The molecule has 0 bridgehead atoms. The highest BCUT2D eigenvalue weighted by molar-refractivity contribution is 6.01. The maximum absolute atomic E-state index is 13.6. The van der Waals surface area contributed by atoms with Crippen LogP contribution in [0.1, 0.15) is 68.2 Å². The number of para-hydroxylation sites is 2. The molecule has 4 nitrogen and oxygen atoms in total. The Hall–Kier alpha value is -3.27. The average molecular weight is 427 g/mol. The largest absolute Gasteiger partial charge is 0.464 e. The average Bonchev–Trinajstić information content (AvgIpc) is 3.11. The second kappa shape index (κ2) is 7.70. The minimum absolute atomic E-state index is 0.114. The zero-order chi connectivity index (χ0) is 22.5. The summed E-state index contributed by atoms with van der Waals surface area (Å²) in [5.74, 6) is 1.94. The van der Waals surface area contributed by atoms with Crippen molar-refractivity contribution in [3.05, 3.63) is 94.6 Å². The Balaban J connectivity index is 1.54. The van der Waals surface area contributed by atoms with Crippen LogP contribution in [0.15, 0.2) is 76.4 Å². The van der Waals surface area contributed by atoms with Crippen LogP contribution in [0.2, 0.25) is 0 Å². The predicted octanol–water partition coefficient (Wildman–Crippen LogP) is 6.87. The van der Waals surface area contributed by atoms with Crippen molar-refractivity contribution < 1.29 is 9.21 Å². The van der Waals surface area contributed by atoms with Crippen molar-refractivity contribution in [2.75, 3.05) is 10.6 Å². The van der Waals surface area contributed by atoms with Crippen LogP contribution < -0.4 is 10.6 Å². The number of hydrogen-bond donors (Lipinski definition) is 2. The van der Waals surface area contributed by atoms with Crippen molar-refractivity contribution in [1.82, 2.24) is 0 Å². The van der Waals surface area contributed by atoms with Crippen LogP contribution in [0, 0.1) is 6.92 Å². The fourth-order valence-corrected chi connectivity index (χ4v) is 4.81. The summed E-state index contributed by atoms with van der Waals surface area (Å²) >= 11 is 0. The first kappa shape index (κ1) is 20.6. The summed E-state index contributed by atoms with van der Waals surface area (Å²) in [5.41, 5.74) is 6.38. The highest BCUT2D eigenvalue weighted by atomic mass is 16.3. The molecule has 4 heteroatoms. The maximum Gasteiger partial charge on any atom is 0.163 e. The molecule has 0 radical (unpaired) electrons. The molecule has 0 saturated heterocycles. The SMILES string of the molecule is Cc1ccc(C2Nc3ccccc3NC3=C2C(=O)CC(c2ccc(C(C)(C)C)cc2)C3)o1. The Labute approximate surface area is 189 Å². The fourth-order valence-electron chi connectivity index (χ4n) is 4.81. The van der Waals surface area contributed by atoms with Crippen molar-refractivity contribution in [3.63, 3.8) is 0 Å². The summed E-state index contributed by atoms with van der Waals surface area (Å²) in [5, 5.41) is 7.15. The number of nitrogens with one attached hydrogen (secondary N) is 2. The van der Waals surface area contributed by atoms with Crippen molar-refractivity contribution in [3.8, 4) is 0 Å². The molecule has 164 valence electrons. The molecule has 1 aliphatic heterocycles. The number of carbonyl (C=O) groups excluding carboxylic acids is 1. The minimum Gasteiger partial charge on any atom is -0.464 e. The Morgan fingerprint density at radius 1 is 0.906 bits per heavy atom. The van der Waals surface area contributed by atoms with E-state index in [-0.39, 0.29) is 23.2 Å². The number of benzene rings is 2. The third kappa shape index (κ3) is 3.75. The molecule has 5 rings (SSSR count). The van der Waals surface area contributed by atoms with E-state index in [0.717, 1.165) is 40.6 Å². The molecule has 2 aliphatic rings. The lowest BCUT2D eigenvalue weighted by Gasteiger charge is -2.29. The summed E-state index contributed by atoms with van der Waals surface area (Å²) in [4.78, 5) is 13.6. The second-order valence-electron chi connectivity index (χ2n) is 9.99. The van der Waals surface area contributed by atoms with Crippen molar-refractivity contribution >= 4 is 17.2 Å². The number of aryl methyl sites for hydroxylation is 1. The molecule has 0 fully saturated rings. The Morgan fingerprint density at radius 3 is 2.28 bits per heavy atom. The van der Waals surface area contributed by atoms with E-state index in [1.165, 1.54) is 11.1 Å². The van der Waals surface area contributed by atoms with Crippen LogP contribution in [0.5, 0.6) is 0 Å². The lowest BCUT2D eigenvalue weighted by atomic mass is 9.78. The monoisotopic (exact) mass is 426 g/mol. The van der Waals surface area contributed by atoms with Gasteiger partial charge in [0.2, 0.25) is 0 Å². The van der Waals surface area contributed by atoms with E-state index in [9.17, 15) is 4.79 Å². The van der Waals surface area contributed by atoms with E-state index in [4.69, 9.17) is 4.42 Å². The van der Waals surface area contributed by atoms with Crippen LogP contribution >= 0.6 is 0 Å². The first-order chi connectivity index (χ1) is 15.3. The van der Waals surface area contributed by atoms with Gasteiger partial charge in [0.05, 0.1) is 11.4 Å². The third-order valence-electron chi connectivity index (χ3n) is 6.60. The van der Waals surface area contributed by atoms with E-state index in [1.807, 2.05) is 37.3 Å². The lowest BCUT2D eigenvalue weighted by Crippen LogP contribution is -2.26. The molecule has 32 heavy (non-hydrogen) atoms. The molecular formula is C28H30N2O2. The van der Waals surface area contributed by atoms with Crippen LogP contribution in [0.25, 0.3) is 0 Å². The van der Waals surface area contributed by atoms with Gasteiger partial charge < -0.3 is 15.1 Å². The van der Waals surface area contributed by atoms with Gasteiger partial charge in [-0.2, -0.15) is 0 Å². The first-order valence-corrected chi connectivity index (χ1v) is 11.4. The predicted molar refractivity (Wildman–Crippen MR) is 129 cm³/mol. The molecule has 1 aliphatic carbocycles. The van der Waals surface area contributed by atoms with Crippen molar-refractivity contribution in [2.24, 2.45) is 0 Å². The highest BCUT2D eigenvalue weighted by Gasteiger charge is 2.37. The Bertz CT molecular complexity index is 1190. The van der Waals surface area contributed by atoms with Gasteiger partial charge in [-0.15, -0.1) is 0 Å². The second-order valence-corrected chi connectivity index (χ2v) is 9.99. The van der Waals surface area contributed by atoms with Crippen LogP contribution in [0.3, 0.4) is 0 Å². The zero-order valence-corrected chi connectivity index (χ0v) is 19.2. The lowest BCUT2D eigenvalue weighted by molar-refractivity contribution is -0.116. The third-order valence-corrected chi connectivity index (χ3v) is 6.60. The van der Waals surface area contributed by atoms with Crippen molar-refractivity contribution in [1.29, 1.82) is 0 Å². The number of Topliss-reactive ketones (excluding diaryl/α,β-unsaturated/α-hetero) is 1. The van der Waals surface area contributed by atoms with E-state index in [0.29, 0.717) is 6.42 Å². The number of fused-ring (bicyclic) bond motifs is 1. The number of ketones is 1. The summed E-state index contributed by atoms with van der Waals surface area (Å²) in [6.45, 7) is 8.60. The standard InChI is InChI=1S/C28H30N2O2/c1-17-9-14-25(32-17)27-26-23(29-21-7-5-6-8-22(21)30-27)15-19(16-24(26)31)18-10-12-20(13-11-18)28(2,3)4/h5-14,19,27,29-30H,15-16H2,1-4H3. The van der Waals surface area contributed by atoms with Gasteiger partial charge in [-0.3, -0.25) is 4.79 Å². The molecule has 2 heterocycles. The number of rotatable bonds is 2. The molecule has 0 saturated carbocycles. The zero-order valence-electron chi connectivity index (χ0n) is 19.2. The summed E-state index contributed by atoms with van der Waals surface area (Å²) in [7, 11) is 0. The molecular weight excluding hydrogens is 396 g/mol. The van der Waals surface area contributed by atoms with Crippen LogP contribution in [-0.2, 0) is 10.2 Å². The molecule has 2 aromatic carbocycles.